The predicted molar refractivity (Wildman–Crippen MR) is 65.3 cm³/mol. The summed E-state index contributed by atoms with van der Waals surface area (Å²) in [5.74, 6) is 0.523. The van der Waals surface area contributed by atoms with Crippen LogP contribution in [0, 0.1) is 5.92 Å². The molecule has 2 unspecified atom stereocenters. The molecule has 0 radical (unpaired) electrons. The molecule has 86 valence electrons. The van der Waals surface area contributed by atoms with E-state index in [0.717, 1.165) is 17.6 Å². The molecule has 0 saturated carbocycles. The summed E-state index contributed by atoms with van der Waals surface area (Å²) in [5, 5.41) is 11.6. The minimum Gasteiger partial charge on any atom is -0.319 e. The van der Waals surface area contributed by atoms with Crippen LogP contribution in [0.15, 0.2) is 24.3 Å². The van der Waals surface area contributed by atoms with Crippen molar-refractivity contribution in [3.8, 4) is 0 Å². The molecule has 2 atom stereocenters. The zero-order chi connectivity index (χ0) is 11.5. The van der Waals surface area contributed by atoms with Crippen LogP contribution in [0.1, 0.15) is 19.9 Å². The summed E-state index contributed by atoms with van der Waals surface area (Å²) in [5.41, 5.74) is 2.07. The number of benzene rings is 1. The number of fused-ring (bicyclic) bond motifs is 1. The van der Waals surface area contributed by atoms with Gasteiger partial charge in [0.1, 0.15) is 5.52 Å². The van der Waals surface area contributed by atoms with E-state index in [1.807, 2.05) is 29.9 Å². The quantitative estimate of drug-likeness (QED) is 0.851. The van der Waals surface area contributed by atoms with E-state index in [4.69, 9.17) is 0 Å². The van der Waals surface area contributed by atoms with Crippen molar-refractivity contribution in [2.75, 3.05) is 13.6 Å². The van der Waals surface area contributed by atoms with Crippen LogP contribution >= 0.6 is 0 Å². The fraction of sp³-hybridized carbons (Fsp3) is 0.500. The molecule has 1 N–H and O–H groups in total. The number of aromatic nitrogens is 3. The summed E-state index contributed by atoms with van der Waals surface area (Å²) in [4.78, 5) is 0. The number of nitrogens with zero attached hydrogens (tertiary/aromatic N) is 3. The summed E-state index contributed by atoms with van der Waals surface area (Å²) in [7, 11) is 1.97. The Morgan fingerprint density at radius 1 is 1.31 bits per heavy atom. The van der Waals surface area contributed by atoms with E-state index in [1.54, 1.807) is 0 Å². The maximum Gasteiger partial charge on any atom is 0.113 e. The third-order valence-electron chi connectivity index (χ3n) is 3.11. The van der Waals surface area contributed by atoms with Crippen LogP contribution in [0.3, 0.4) is 0 Å². The van der Waals surface area contributed by atoms with Gasteiger partial charge in [0.25, 0.3) is 0 Å². The highest BCUT2D eigenvalue weighted by Gasteiger charge is 2.16. The van der Waals surface area contributed by atoms with E-state index in [2.05, 4.69) is 35.5 Å². The van der Waals surface area contributed by atoms with Crippen molar-refractivity contribution in [1.82, 2.24) is 20.3 Å². The van der Waals surface area contributed by atoms with Crippen LogP contribution < -0.4 is 5.32 Å². The Kier molecular flexibility index (Phi) is 3.19. The Labute approximate surface area is 95.6 Å². The van der Waals surface area contributed by atoms with Crippen molar-refractivity contribution in [3.05, 3.63) is 24.3 Å². The molecule has 0 spiro atoms. The first-order valence-corrected chi connectivity index (χ1v) is 5.68. The second kappa shape index (κ2) is 4.61. The molecule has 2 aromatic rings. The van der Waals surface area contributed by atoms with Gasteiger partial charge < -0.3 is 5.32 Å². The summed E-state index contributed by atoms with van der Waals surface area (Å²) >= 11 is 0. The van der Waals surface area contributed by atoms with E-state index in [0.29, 0.717) is 12.0 Å². The van der Waals surface area contributed by atoms with Gasteiger partial charge in [0.2, 0.25) is 0 Å². The van der Waals surface area contributed by atoms with Crippen LogP contribution in [-0.4, -0.2) is 28.6 Å². The number of para-hydroxylation sites is 1. The average molecular weight is 218 g/mol. The van der Waals surface area contributed by atoms with Crippen LogP contribution in [0.5, 0.6) is 0 Å². The summed E-state index contributed by atoms with van der Waals surface area (Å²) in [6, 6.07) is 8.42. The lowest BCUT2D eigenvalue weighted by Gasteiger charge is -2.20. The lowest BCUT2D eigenvalue weighted by atomic mass is 10.0. The first kappa shape index (κ1) is 11.1. The molecule has 0 aliphatic heterocycles. The summed E-state index contributed by atoms with van der Waals surface area (Å²) in [6.07, 6.45) is 0. The Bertz CT molecular complexity index is 463. The molecule has 1 heterocycles. The number of rotatable bonds is 4. The number of hydrogen-bond donors (Lipinski definition) is 1. The van der Waals surface area contributed by atoms with Gasteiger partial charge in [0.15, 0.2) is 0 Å². The molecule has 0 bridgehead atoms. The molecule has 0 amide bonds. The maximum absolute atomic E-state index is 4.24. The molecule has 0 saturated heterocycles. The van der Waals surface area contributed by atoms with Gasteiger partial charge in [0.05, 0.1) is 11.6 Å². The average Bonchev–Trinajstić information content (AvgIpc) is 2.72. The Hall–Kier alpha value is -1.42. The highest BCUT2D eigenvalue weighted by molar-refractivity contribution is 5.73. The van der Waals surface area contributed by atoms with Crippen molar-refractivity contribution in [3.63, 3.8) is 0 Å². The van der Waals surface area contributed by atoms with Crippen molar-refractivity contribution >= 4 is 11.0 Å². The van der Waals surface area contributed by atoms with E-state index in [9.17, 15) is 0 Å². The molecule has 0 aliphatic rings. The van der Waals surface area contributed by atoms with Crippen molar-refractivity contribution in [1.29, 1.82) is 0 Å². The fourth-order valence-corrected chi connectivity index (χ4v) is 1.92. The molecular weight excluding hydrogens is 200 g/mol. The molecule has 4 nitrogen and oxygen atoms in total. The molecule has 16 heavy (non-hydrogen) atoms. The van der Waals surface area contributed by atoms with Gasteiger partial charge in [-0.3, -0.25) is 0 Å². The van der Waals surface area contributed by atoms with E-state index in [1.165, 1.54) is 0 Å². The maximum atomic E-state index is 4.24. The normalized spacial score (nSPS) is 15.2. The minimum atomic E-state index is 0.347. The highest BCUT2D eigenvalue weighted by Crippen LogP contribution is 2.20. The van der Waals surface area contributed by atoms with E-state index in [-0.39, 0.29) is 0 Å². The van der Waals surface area contributed by atoms with Gasteiger partial charge >= 0.3 is 0 Å². The van der Waals surface area contributed by atoms with Gasteiger partial charge in [-0.2, -0.15) is 0 Å². The SMILES string of the molecule is CNCC(C)C(C)n1nnc2ccccc21. The molecular formula is C12H18N4. The Morgan fingerprint density at radius 2 is 2.06 bits per heavy atom. The largest absolute Gasteiger partial charge is 0.319 e. The molecule has 0 fully saturated rings. The van der Waals surface area contributed by atoms with Gasteiger partial charge in [-0.05, 0) is 38.6 Å². The first-order valence-electron chi connectivity index (χ1n) is 5.68. The monoisotopic (exact) mass is 218 g/mol. The van der Waals surface area contributed by atoms with Crippen LogP contribution in [0.4, 0.5) is 0 Å². The molecule has 4 heteroatoms. The highest BCUT2D eigenvalue weighted by atomic mass is 15.4. The van der Waals surface area contributed by atoms with E-state index >= 15 is 0 Å². The summed E-state index contributed by atoms with van der Waals surface area (Å²) in [6.45, 7) is 5.39. The number of hydrogen-bond acceptors (Lipinski definition) is 3. The molecule has 1 aromatic carbocycles. The second-order valence-corrected chi connectivity index (χ2v) is 4.30. The van der Waals surface area contributed by atoms with Crippen molar-refractivity contribution in [2.24, 2.45) is 5.92 Å². The van der Waals surface area contributed by atoms with Crippen LogP contribution in [-0.2, 0) is 0 Å². The predicted octanol–water partition coefficient (Wildman–Crippen LogP) is 1.85. The van der Waals surface area contributed by atoms with Crippen LogP contribution in [0.25, 0.3) is 11.0 Å². The second-order valence-electron chi connectivity index (χ2n) is 4.30. The van der Waals surface area contributed by atoms with E-state index < -0.39 is 0 Å². The van der Waals surface area contributed by atoms with Crippen molar-refractivity contribution < 1.29 is 0 Å². The minimum absolute atomic E-state index is 0.347. The molecule has 0 aliphatic carbocycles. The van der Waals surface area contributed by atoms with Gasteiger partial charge in [-0.15, -0.1) is 5.10 Å². The Morgan fingerprint density at radius 3 is 2.81 bits per heavy atom. The van der Waals surface area contributed by atoms with Gasteiger partial charge in [-0.25, -0.2) is 4.68 Å². The van der Waals surface area contributed by atoms with Crippen LogP contribution in [0.2, 0.25) is 0 Å². The number of nitrogens with one attached hydrogen (secondary N) is 1. The topological polar surface area (TPSA) is 42.7 Å². The molecule has 2 rings (SSSR count). The van der Waals surface area contributed by atoms with Gasteiger partial charge in [0, 0.05) is 0 Å². The lowest BCUT2D eigenvalue weighted by Crippen LogP contribution is -2.24. The first-order chi connectivity index (χ1) is 7.74. The zero-order valence-electron chi connectivity index (χ0n) is 10.0. The lowest BCUT2D eigenvalue weighted by molar-refractivity contribution is 0.346. The fourth-order valence-electron chi connectivity index (χ4n) is 1.92. The third-order valence-corrected chi connectivity index (χ3v) is 3.11. The smallest absolute Gasteiger partial charge is 0.113 e. The molecule has 1 aromatic heterocycles. The third kappa shape index (κ3) is 1.93. The summed E-state index contributed by atoms with van der Waals surface area (Å²) < 4.78 is 2.01. The van der Waals surface area contributed by atoms with Gasteiger partial charge in [-0.1, -0.05) is 24.3 Å². The zero-order valence-corrected chi connectivity index (χ0v) is 10.0. The Balaban J connectivity index is 2.32. The van der Waals surface area contributed by atoms with Crippen molar-refractivity contribution in [2.45, 2.75) is 19.9 Å². The standard InChI is InChI=1S/C12H18N4/c1-9(8-13-3)10(2)16-12-7-5-4-6-11(12)14-15-16/h4-7,9-10,13H,8H2,1-3H3.